The van der Waals surface area contributed by atoms with Crippen LogP contribution in [0.25, 0.3) is 0 Å². The third kappa shape index (κ3) is 5.33. The van der Waals surface area contributed by atoms with Crippen molar-refractivity contribution in [3.8, 4) is 0 Å². The topological polar surface area (TPSA) is 24.5 Å². The maximum absolute atomic E-state index is 5.28. The van der Waals surface area contributed by atoms with Gasteiger partial charge >= 0.3 is 0 Å². The number of nitrogens with zero attached hydrogens (tertiary/aromatic N) is 1. The van der Waals surface area contributed by atoms with E-state index in [1.54, 1.807) is 7.11 Å². The largest absolute Gasteiger partial charge is 0.383 e. The van der Waals surface area contributed by atoms with Crippen LogP contribution in [0.15, 0.2) is 24.3 Å². The molecule has 1 aromatic rings. The van der Waals surface area contributed by atoms with Gasteiger partial charge in [0, 0.05) is 31.4 Å². The van der Waals surface area contributed by atoms with Gasteiger partial charge in [-0.2, -0.15) is 0 Å². The zero-order valence-corrected chi connectivity index (χ0v) is 14.4. The second-order valence-corrected chi connectivity index (χ2v) is 5.75. The Bertz CT molecular complexity index is 393. The first-order valence-corrected chi connectivity index (χ1v) is 8.23. The molecule has 0 aromatic heterocycles. The zero-order valence-electron chi connectivity index (χ0n) is 14.4. The van der Waals surface area contributed by atoms with E-state index in [-0.39, 0.29) is 0 Å². The van der Waals surface area contributed by atoms with Gasteiger partial charge in [0.05, 0.1) is 6.61 Å². The van der Waals surface area contributed by atoms with Crippen molar-refractivity contribution in [2.75, 3.05) is 31.7 Å². The number of ether oxygens (including phenoxy) is 1. The molecule has 0 amide bonds. The second kappa shape index (κ2) is 9.80. The van der Waals surface area contributed by atoms with Crippen LogP contribution in [0.2, 0.25) is 0 Å². The van der Waals surface area contributed by atoms with E-state index in [4.69, 9.17) is 4.74 Å². The second-order valence-electron chi connectivity index (χ2n) is 5.75. The number of nitrogens with one attached hydrogen (secondary N) is 1. The summed E-state index contributed by atoms with van der Waals surface area (Å²) in [6.07, 6.45) is 2.27. The van der Waals surface area contributed by atoms with Crippen molar-refractivity contribution < 1.29 is 4.74 Å². The van der Waals surface area contributed by atoms with Crippen LogP contribution in [0.1, 0.15) is 52.1 Å². The molecule has 120 valence electrons. The molecule has 21 heavy (non-hydrogen) atoms. The standard InChI is InChI=1S/C18H32N2O/c1-6-12-19-17(7-2)16-10-8-9-11-18(16)20(15(3)4)13-14-21-5/h8-11,15,17,19H,6-7,12-14H2,1-5H3. The quantitative estimate of drug-likeness (QED) is 0.705. The maximum Gasteiger partial charge on any atom is 0.0637 e. The van der Waals surface area contributed by atoms with Gasteiger partial charge < -0.3 is 15.0 Å². The molecule has 0 radical (unpaired) electrons. The molecule has 0 saturated carbocycles. The van der Waals surface area contributed by atoms with Gasteiger partial charge in [-0.25, -0.2) is 0 Å². The van der Waals surface area contributed by atoms with Crippen molar-refractivity contribution in [2.45, 2.75) is 52.6 Å². The number of benzene rings is 1. The van der Waals surface area contributed by atoms with E-state index < -0.39 is 0 Å². The predicted molar refractivity (Wildman–Crippen MR) is 92.1 cm³/mol. The number of hydrogen-bond donors (Lipinski definition) is 1. The fourth-order valence-corrected chi connectivity index (χ4v) is 2.68. The van der Waals surface area contributed by atoms with Crippen molar-refractivity contribution in [3.63, 3.8) is 0 Å². The Morgan fingerprint density at radius 1 is 1.19 bits per heavy atom. The van der Waals surface area contributed by atoms with Gasteiger partial charge in [-0.1, -0.05) is 32.0 Å². The molecule has 0 aliphatic heterocycles. The molecule has 0 aliphatic carbocycles. The summed E-state index contributed by atoms with van der Waals surface area (Å²) in [5.74, 6) is 0. The molecule has 3 heteroatoms. The average molecular weight is 292 g/mol. The molecule has 0 spiro atoms. The minimum absolute atomic E-state index is 0.421. The molecule has 0 heterocycles. The van der Waals surface area contributed by atoms with Crippen molar-refractivity contribution >= 4 is 5.69 Å². The van der Waals surface area contributed by atoms with Crippen molar-refractivity contribution in [3.05, 3.63) is 29.8 Å². The summed E-state index contributed by atoms with van der Waals surface area (Å²) in [6.45, 7) is 11.7. The van der Waals surface area contributed by atoms with Crippen LogP contribution in [0.5, 0.6) is 0 Å². The first kappa shape index (κ1) is 18.0. The highest BCUT2D eigenvalue weighted by Crippen LogP contribution is 2.29. The summed E-state index contributed by atoms with van der Waals surface area (Å²) in [5.41, 5.74) is 2.73. The van der Waals surface area contributed by atoms with E-state index in [0.29, 0.717) is 12.1 Å². The van der Waals surface area contributed by atoms with Gasteiger partial charge in [0.25, 0.3) is 0 Å². The monoisotopic (exact) mass is 292 g/mol. The summed E-state index contributed by atoms with van der Waals surface area (Å²) in [7, 11) is 1.77. The van der Waals surface area contributed by atoms with Crippen LogP contribution < -0.4 is 10.2 Å². The number of anilines is 1. The Labute approximate surface area is 130 Å². The lowest BCUT2D eigenvalue weighted by atomic mass is 10.0. The third-order valence-electron chi connectivity index (χ3n) is 3.83. The van der Waals surface area contributed by atoms with Gasteiger partial charge in [0.15, 0.2) is 0 Å². The Hall–Kier alpha value is -1.06. The molecule has 0 bridgehead atoms. The van der Waals surface area contributed by atoms with Crippen LogP contribution in [0, 0.1) is 0 Å². The van der Waals surface area contributed by atoms with E-state index in [1.165, 1.54) is 11.3 Å². The van der Waals surface area contributed by atoms with Crippen LogP contribution in [-0.4, -0.2) is 32.8 Å². The molecule has 1 atom stereocenters. The Morgan fingerprint density at radius 3 is 2.48 bits per heavy atom. The van der Waals surface area contributed by atoms with E-state index in [9.17, 15) is 0 Å². The van der Waals surface area contributed by atoms with Crippen molar-refractivity contribution in [1.82, 2.24) is 5.32 Å². The van der Waals surface area contributed by atoms with Crippen LogP contribution in [-0.2, 0) is 4.74 Å². The van der Waals surface area contributed by atoms with Crippen molar-refractivity contribution in [2.24, 2.45) is 0 Å². The van der Waals surface area contributed by atoms with Crippen LogP contribution >= 0.6 is 0 Å². The highest BCUT2D eigenvalue weighted by Gasteiger charge is 2.18. The number of rotatable bonds is 10. The first-order valence-electron chi connectivity index (χ1n) is 8.23. The molecular weight excluding hydrogens is 260 g/mol. The molecule has 1 N–H and O–H groups in total. The number of hydrogen-bond acceptors (Lipinski definition) is 3. The van der Waals surface area contributed by atoms with E-state index in [0.717, 1.165) is 32.5 Å². The van der Waals surface area contributed by atoms with Crippen LogP contribution in [0.4, 0.5) is 5.69 Å². The fraction of sp³-hybridized carbons (Fsp3) is 0.667. The predicted octanol–water partition coefficient (Wildman–Crippen LogP) is 4.00. The summed E-state index contributed by atoms with van der Waals surface area (Å²) < 4.78 is 5.28. The molecular formula is C18H32N2O. The van der Waals surface area contributed by atoms with E-state index in [2.05, 4.69) is 62.2 Å². The van der Waals surface area contributed by atoms with Gasteiger partial charge in [0.2, 0.25) is 0 Å². The maximum atomic E-state index is 5.28. The zero-order chi connectivity index (χ0) is 15.7. The van der Waals surface area contributed by atoms with Crippen LogP contribution in [0.3, 0.4) is 0 Å². The highest BCUT2D eigenvalue weighted by molar-refractivity contribution is 5.55. The lowest BCUT2D eigenvalue weighted by Crippen LogP contribution is -2.35. The summed E-state index contributed by atoms with van der Waals surface area (Å²) in [5, 5.41) is 3.67. The Morgan fingerprint density at radius 2 is 1.90 bits per heavy atom. The lowest BCUT2D eigenvalue weighted by Gasteiger charge is -2.33. The molecule has 0 saturated heterocycles. The smallest absolute Gasteiger partial charge is 0.0637 e. The fourth-order valence-electron chi connectivity index (χ4n) is 2.68. The third-order valence-corrected chi connectivity index (χ3v) is 3.83. The van der Waals surface area contributed by atoms with Gasteiger partial charge in [-0.3, -0.25) is 0 Å². The van der Waals surface area contributed by atoms with E-state index >= 15 is 0 Å². The summed E-state index contributed by atoms with van der Waals surface area (Å²) in [6, 6.07) is 9.66. The minimum Gasteiger partial charge on any atom is -0.383 e. The molecule has 1 unspecified atom stereocenters. The van der Waals surface area contributed by atoms with Gasteiger partial charge in [0.1, 0.15) is 0 Å². The first-order chi connectivity index (χ1) is 10.2. The average Bonchev–Trinajstić information content (AvgIpc) is 2.49. The van der Waals surface area contributed by atoms with E-state index in [1.807, 2.05) is 0 Å². The SMILES string of the molecule is CCCNC(CC)c1ccccc1N(CCOC)C(C)C. The van der Waals surface area contributed by atoms with Crippen molar-refractivity contribution in [1.29, 1.82) is 0 Å². The Kier molecular flexibility index (Phi) is 8.40. The number of methoxy groups -OCH3 is 1. The van der Waals surface area contributed by atoms with Gasteiger partial charge in [-0.15, -0.1) is 0 Å². The number of para-hydroxylation sites is 1. The normalized spacial score (nSPS) is 12.7. The molecule has 1 aromatic carbocycles. The molecule has 3 nitrogen and oxygen atoms in total. The highest BCUT2D eigenvalue weighted by atomic mass is 16.5. The Balaban J connectivity index is 3.04. The molecule has 0 fully saturated rings. The minimum atomic E-state index is 0.421. The summed E-state index contributed by atoms with van der Waals surface area (Å²) in [4.78, 5) is 2.44. The van der Waals surface area contributed by atoms with Gasteiger partial charge in [-0.05, 0) is 44.9 Å². The molecule has 1 rings (SSSR count). The summed E-state index contributed by atoms with van der Waals surface area (Å²) >= 11 is 0. The molecule has 0 aliphatic rings. The lowest BCUT2D eigenvalue weighted by molar-refractivity contribution is 0.203.